The van der Waals surface area contributed by atoms with Crippen molar-refractivity contribution in [1.82, 2.24) is 20.1 Å². The first-order chi connectivity index (χ1) is 10.7. The third kappa shape index (κ3) is 3.27. The van der Waals surface area contributed by atoms with E-state index in [0.29, 0.717) is 23.8 Å². The number of aryl methyl sites for hydroxylation is 1. The molecule has 5 nitrogen and oxygen atoms in total. The van der Waals surface area contributed by atoms with Gasteiger partial charge in [-0.2, -0.15) is 5.10 Å². The second kappa shape index (κ2) is 6.44. The van der Waals surface area contributed by atoms with Gasteiger partial charge >= 0.3 is 0 Å². The number of carbonyl (C=O) groups is 1. The van der Waals surface area contributed by atoms with E-state index < -0.39 is 0 Å². The minimum absolute atomic E-state index is 0.0281. The van der Waals surface area contributed by atoms with Crippen LogP contribution in [0.4, 0.5) is 0 Å². The molecule has 1 saturated carbocycles. The highest BCUT2D eigenvalue weighted by Gasteiger charge is 2.36. The largest absolute Gasteiger partial charge is 0.354 e. The maximum absolute atomic E-state index is 12.6. The standard InChI is InChI=1S/C16H20N4OS/c1-11-18-19-16(22)20(11)10-9-17-15(21)14(13-7-8-13)12-5-3-2-4-6-12/h2-6,13-14H,7-10H2,1H3,(H,17,21)(H,19,22). The fourth-order valence-corrected chi connectivity index (χ4v) is 3.06. The zero-order valence-electron chi connectivity index (χ0n) is 12.6. The van der Waals surface area contributed by atoms with Crippen molar-refractivity contribution in [2.45, 2.75) is 32.2 Å². The summed E-state index contributed by atoms with van der Waals surface area (Å²) in [5.41, 5.74) is 1.11. The number of amides is 1. The van der Waals surface area contributed by atoms with E-state index in [4.69, 9.17) is 12.2 Å². The van der Waals surface area contributed by atoms with E-state index in [-0.39, 0.29) is 11.8 Å². The Morgan fingerprint density at radius 1 is 1.45 bits per heavy atom. The molecular weight excluding hydrogens is 296 g/mol. The third-order valence-corrected chi connectivity index (χ3v) is 4.43. The van der Waals surface area contributed by atoms with E-state index in [1.165, 1.54) is 0 Å². The van der Waals surface area contributed by atoms with Gasteiger partial charge in [0.1, 0.15) is 5.82 Å². The number of hydrogen-bond acceptors (Lipinski definition) is 3. The molecule has 116 valence electrons. The predicted octanol–water partition coefficient (Wildman–Crippen LogP) is 2.56. The van der Waals surface area contributed by atoms with Crippen LogP contribution in [0.1, 0.15) is 30.1 Å². The van der Waals surface area contributed by atoms with Crippen LogP contribution in [0.15, 0.2) is 30.3 Å². The van der Waals surface area contributed by atoms with Crippen molar-refractivity contribution >= 4 is 18.1 Å². The van der Waals surface area contributed by atoms with Crippen LogP contribution in [0.3, 0.4) is 0 Å². The molecule has 1 atom stereocenters. The molecule has 0 radical (unpaired) electrons. The molecule has 1 aliphatic carbocycles. The number of H-pyrrole nitrogens is 1. The topological polar surface area (TPSA) is 62.7 Å². The molecule has 0 bridgehead atoms. The Balaban J connectivity index is 1.62. The molecular formula is C16H20N4OS. The Bertz CT molecular complexity index is 702. The van der Waals surface area contributed by atoms with Gasteiger partial charge in [0.25, 0.3) is 0 Å². The van der Waals surface area contributed by atoms with Gasteiger partial charge in [-0.05, 0) is 43.5 Å². The normalized spacial score (nSPS) is 15.5. The van der Waals surface area contributed by atoms with E-state index in [2.05, 4.69) is 15.5 Å². The molecule has 0 saturated heterocycles. The van der Waals surface area contributed by atoms with Crippen LogP contribution < -0.4 is 5.32 Å². The molecule has 1 aromatic heterocycles. The Morgan fingerprint density at radius 2 is 2.18 bits per heavy atom. The number of rotatable bonds is 6. The van der Waals surface area contributed by atoms with Crippen LogP contribution in [0.5, 0.6) is 0 Å². The fourth-order valence-electron chi connectivity index (χ4n) is 2.79. The molecule has 1 fully saturated rings. The number of nitrogens with zero attached hydrogens (tertiary/aromatic N) is 2. The second-order valence-corrected chi connectivity index (χ2v) is 6.13. The quantitative estimate of drug-likeness (QED) is 0.805. The summed E-state index contributed by atoms with van der Waals surface area (Å²) >= 11 is 5.16. The van der Waals surface area contributed by atoms with Gasteiger partial charge in [-0.15, -0.1) is 0 Å². The number of aromatic nitrogens is 3. The molecule has 1 aliphatic rings. The van der Waals surface area contributed by atoms with Gasteiger partial charge in [-0.1, -0.05) is 30.3 Å². The van der Waals surface area contributed by atoms with Gasteiger partial charge < -0.3 is 9.88 Å². The number of hydrogen-bond donors (Lipinski definition) is 2. The van der Waals surface area contributed by atoms with Crippen molar-refractivity contribution in [2.75, 3.05) is 6.54 Å². The van der Waals surface area contributed by atoms with Gasteiger partial charge in [0, 0.05) is 13.1 Å². The average Bonchev–Trinajstić information content (AvgIpc) is 3.30. The molecule has 22 heavy (non-hydrogen) atoms. The van der Waals surface area contributed by atoms with E-state index in [1.807, 2.05) is 41.8 Å². The molecule has 3 rings (SSSR count). The fraction of sp³-hybridized carbons (Fsp3) is 0.438. The maximum Gasteiger partial charge on any atom is 0.227 e. The minimum Gasteiger partial charge on any atom is -0.354 e. The zero-order chi connectivity index (χ0) is 15.5. The van der Waals surface area contributed by atoms with Crippen molar-refractivity contribution in [3.63, 3.8) is 0 Å². The monoisotopic (exact) mass is 316 g/mol. The Hall–Kier alpha value is -1.95. The predicted molar refractivity (Wildman–Crippen MR) is 87.1 cm³/mol. The van der Waals surface area contributed by atoms with E-state index in [1.54, 1.807) is 0 Å². The summed E-state index contributed by atoms with van der Waals surface area (Å²) in [5.74, 6) is 1.40. The molecule has 2 N–H and O–H groups in total. The summed E-state index contributed by atoms with van der Waals surface area (Å²) in [4.78, 5) is 12.6. The highest BCUT2D eigenvalue weighted by atomic mass is 32.1. The molecule has 1 unspecified atom stereocenters. The first-order valence-corrected chi connectivity index (χ1v) is 8.02. The van der Waals surface area contributed by atoms with Crippen LogP contribution >= 0.6 is 12.2 Å². The lowest BCUT2D eigenvalue weighted by Crippen LogP contribution is -2.33. The van der Waals surface area contributed by atoms with Gasteiger partial charge in [-0.25, -0.2) is 0 Å². The van der Waals surface area contributed by atoms with Crippen LogP contribution in [0, 0.1) is 17.6 Å². The summed E-state index contributed by atoms with van der Waals surface area (Å²) in [6.07, 6.45) is 2.28. The second-order valence-electron chi connectivity index (χ2n) is 5.74. The summed E-state index contributed by atoms with van der Waals surface area (Å²) in [6, 6.07) is 10.0. The smallest absolute Gasteiger partial charge is 0.227 e. The van der Waals surface area contributed by atoms with Gasteiger partial charge in [-0.3, -0.25) is 9.89 Å². The first-order valence-electron chi connectivity index (χ1n) is 7.61. The summed E-state index contributed by atoms with van der Waals surface area (Å²) < 4.78 is 2.48. The molecule has 2 aromatic rings. The molecule has 0 aliphatic heterocycles. The van der Waals surface area contributed by atoms with Crippen molar-refractivity contribution in [3.8, 4) is 0 Å². The van der Waals surface area contributed by atoms with E-state index in [0.717, 1.165) is 24.2 Å². The van der Waals surface area contributed by atoms with Crippen molar-refractivity contribution < 1.29 is 4.79 Å². The minimum atomic E-state index is -0.0281. The molecule has 1 amide bonds. The third-order valence-electron chi connectivity index (χ3n) is 4.12. The van der Waals surface area contributed by atoms with Gasteiger partial charge in [0.2, 0.25) is 5.91 Å². The molecule has 6 heteroatoms. The van der Waals surface area contributed by atoms with Crippen molar-refractivity contribution in [2.24, 2.45) is 5.92 Å². The van der Waals surface area contributed by atoms with E-state index in [9.17, 15) is 4.79 Å². The maximum atomic E-state index is 12.6. The Labute approximate surface area is 134 Å². The van der Waals surface area contributed by atoms with E-state index >= 15 is 0 Å². The SMILES string of the molecule is Cc1n[nH]c(=S)n1CCNC(=O)C(c1ccccc1)C1CC1. The van der Waals surface area contributed by atoms with Crippen molar-refractivity contribution in [1.29, 1.82) is 0 Å². The summed E-state index contributed by atoms with van der Waals surface area (Å²) in [6.45, 7) is 3.09. The Kier molecular flexibility index (Phi) is 4.38. The number of aromatic amines is 1. The molecule has 1 aromatic carbocycles. The summed E-state index contributed by atoms with van der Waals surface area (Å²) in [7, 11) is 0. The first kappa shape index (κ1) is 15.0. The highest BCUT2D eigenvalue weighted by Crippen LogP contribution is 2.42. The van der Waals surface area contributed by atoms with Crippen LogP contribution in [0.25, 0.3) is 0 Å². The van der Waals surface area contributed by atoms with Gasteiger partial charge in [0.15, 0.2) is 4.77 Å². The van der Waals surface area contributed by atoms with Crippen LogP contribution in [-0.2, 0) is 11.3 Å². The molecule has 1 heterocycles. The van der Waals surface area contributed by atoms with Crippen LogP contribution in [-0.4, -0.2) is 27.2 Å². The van der Waals surface area contributed by atoms with Crippen molar-refractivity contribution in [3.05, 3.63) is 46.5 Å². The number of benzene rings is 1. The lowest BCUT2D eigenvalue weighted by atomic mass is 9.93. The Morgan fingerprint density at radius 3 is 2.77 bits per heavy atom. The lowest BCUT2D eigenvalue weighted by molar-refractivity contribution is -0.123. The lowest BCUT2D eigenvalue weighted by Gasteiger charge is -2.17. The highest BCUT2D eigenvalue weighted by molar-refractivity contribution is 7.71. The van der Waals surface area contributed by atoms with Gasteiger partial charge in [0.05, 0.1) is 5.92 Å². The number of carbonyl (C=O) groups excluding carboxylic acids is 1. The number of nitrogens with one attached hydrogen (secondary N) is 2. The van der Waals surface area contributed by atoms with Crippen LogP contribution in [0.2, 0.25) is 0 Å². The average molecular weight is 316 g/mol. The summed E-state index contributed by atoms with van der Waals surface area (Å²) in [5, 5.41) is 9.87. The zero-order valence-corrected chi connectivity index (χ0v) is 13.4. The molecule has 0 spiro atoms.